The van der Waals surface area contributed by atoms with Gasteiger partial charge >= 0.3 is 5.97 Å². The molecule has 0 aromatic carbocycles. The Bertz CT molecular complexity index is 363. The van der Waals surface area contributed by atoms with Crippen molar-refractivity contribution in [2.24, 2.45) is 0 Å². The summed E-state index contributed by atoms with van der Waals surface area (Å²) in [6.45, 7) is 6.51. The highest BCUT2D eigenvalue weighted by molar-refractivity contribution is 5.85. The lowest BCUT2D eigenvalue weighted by molar-refractivity contribution is 0.0685. The van der Waals surface area contributed by atoms with Crippen molar-refractivity contribution >= 4 is 5.97 Å². The van der Waals surface area contributed by atoms with Crippen molar-refractivity contribution in [3.8, 4) is 0 Å². The standard InChI is InChI=1S/C11H19N3O3/c1-8(2)14(3)5-4-12-7-9-6-10(11(15)16)13-17-9/h6,8,12H,4-5,7H2,1-3H3,(H,15,16). The van der Waals surface area contributed by atoms with Gasteiger partial charge in [-0.1, -0.05) is 5.16 Å². The molecule has 0 bridgehead atoms. The Balaban J connectivity index is 2.24. The number of nitrogens with zero attached hydrogens (tertiary/aromatic N) is 2. The summed E-state index contributed by atoms with van der Waals surface area (Å²) in [6, 6.07) is 1.95. The van der Waals surface area contributed by atoms with Crippen LogP contribution in [0.4, 0.5) is 0 Å². The van der Waals surface area contributed by atoms with Gasteiger partial charge in [0.25, 0.3) is 0 Å². The van der Waals surface area contributed by atoms with E-state index in [2.05, 4.69) is 36.3 Å². The molecular formula is C11H19N3O3. The van der Waals surface area contributed by atoms with Crippen LogP contribution in [0, 0.1) is 0 Å². The van der Waals surface area contributed by atoms with Gasteiger partial charge in [0.1, 0.15) is 0 Å². The van der Waals surface area contributed by atoms with Crippen LogP contribution in [0.5, 0.6) is 0 Å². The average Bonchev–Trinajstić information content (AvgIpc) is 2.72. The number of carboxylic acids is 1. The molecule has 1 rings (SSSR count). The van der Waals surface area contributed by atoms with Gasteiger partial charge in [-0.05, 0) is 20.9 Å². The van der Waals surface area contributed by atoms with E-state index in [9.17, 15) is 4.79 Å². The molecule has 1 aromatic rings. The minimum atomic E-state index is -1.07. The zero-order chi connectivity index (χ0) is 12.8. The van der Waals surface area contributed by atoms with Crippen LogP contribution in [0.2, 0.25) is 0 Å². The zero-order valence-electron chi connectivity index (χ0n) is 10.4. The minimum Gasteiger partial charge on any atom is -0.476 e. The highest BCUT2D eigenvalue weighted by Gasteiger charge is 2.10. The molecule has 0 spiro atoms. The third-order valence-electron chi connectivity index (χ3n) is 2.60. The van der Waals surface area contributed by atoms with E-state index < -0.39 is 5.97 Å². The largest absolute Gasteiger partial charge is 0.476 e. The van der Waals surface area contributed by atoms with Crippen LogP contribution in [0.15, 0.2) is 10.6 Å². The van der Waals surface area contributed by atoms with Crippen molar-refractivity contribution in [1.82, 2.24) is 15.4 Å². The van der Waals surface area contributed by atoms with Gasteiger partial charge in [0, 0.05) is 25.2 Å². The molecule has 0 aliphatic rings. The Morgan fingerprint density at radius 3 is 2.88 bits per heavy atom. The number of aromatic carboxylic acids is 1. The van der Waals surface area contributed by atoms with E-state index in [4.69, 9.17) is 9.63 Å². The summed E-state index contributed by atoms with van der Waals surface area (Å²) in [4.78, 5) is 12.8. The second kappa shape index (κ2) is 6.36. The maximum Gasteiger partial charge on any atom is 0.358 e. The van der Waals surface area contributed by atoms with Crippen LogP contribution in [0.3, 0.4) is 0 Å². The van der Waals surface area contributed by atoms with Gasteiger partial charge in [0.05, 0.1) is 6.54 Å². The van der Waals surface area contributed by atoms with Crippen molar-refractivity contribution < 1.29 is 14.4 Å². The fraction of sp³-hybridized carbons (Fsp3) is 0.636. The summed E-state index contributed by atoms with van der Waals surface area (Å²) < 4.78 is 4.87. The maximum atomic E-state index is 10.6. The van der Waals surface area contributed by atoms with E-state index in [-0.39, 0.29) is 5.69 Å². The summed E-state index contributed by atoms with van der Waals surface area (Å²) in [7, 11) is 2.06. The first-order valence-corrected chi connectivity index (χ1v) is 5.60. The van der Waals surface area contributed by atoms with Gasteiger partial charge in [0.2, 0.25) is 0 Å². The van der Waals surface area contributed by atoms with Crippen LogP contribution in [-0.4, -0.2) is 47.3 Å². The zero-order valence-corrected chi connectivity index (χ0v) is 10.4. The molecule has 0 aliphatic heterocycles. The number of nitrogens with one attached hydrogen (secondary N) is 1. The second-order valence-corrected chi connectivity index (χ2v) is 4.23. The highest BCUT2D eigenvalue weighted by atomic mass is 16.5. The first-order valence-electron chi connectivity index (χ1n) is 5.60. The molecule has 0 radical (unpaired) electrons. The van der Waals surface area contributed by atoms with E-state index in [0.717, 1.165) is 13.1 Å². The molecule has 1 aromatic heterocycles. The van der Waals surface area contributed by atoms with Crippen LogP contribution < -0.4 is 5.32 Å². The fourth-order valence-electron chi connectivity index (χ4n) is 1.22. The van der Waals surface area contributed by atoms with Crippen molar-refractivity contribution in [2.45, 2.75) is 26.4 Å². The SMILES string of the molecule is CC(C)N(C)CCNCc1cc(C(=O)O)no1. The number of aromatic nitrogens is 1. The molecule has 0 atom stereocenters. The number of hydrogen-bond acceptors (Lipinski definition) is 5. The number of likely N-dealkylation sites (N-methyl/N-ethyl adjacent to an activating group) is 1. The summed E-state index contributed by atoms with van der Waals surface area (Å²) >= 11 is 0. The Hall–Kier alpha value is -1.40. The molecule has 17 heavy (non-hydrogen) atoms. The highest BCUT2D eigenvalue weighted by Crippen LogP contribution is 2.02. The van der Waals surface area contributed by atoms with Gasteiger partial charge in [-0.25, -0.2) is 4.79 Å². The Morgan fingerprint density at radius 2 is 2.35 bits per heavy atom. The third-order valence-corrected chi connectivity index (χ3v) is 2.60. The molecule has 0 saturated heterocycles. The lowest BCUT2D eigenvalue weighted by Gasteiger charge is -2.20. The molecule has 0 amide bonds. The molecule has 0 unspecified atom stereocenters. The Kier molecular flexibility index (Phi) is 5.11. The quantitative estimate of drug-likeness (QED) is 0.687. The van der Waals surface area contributed by atoms with E-state index >= 15 is 0 Å². The van der Waals surface area contributed by atoms with Crippen molar-refractivity contribution in [2.75, 3.05) is 20.1 Å². The molecule has 1 heterocycles. The maximum absolute atomic E-state index is 10.6. The minimum absolute atomic E-state index is 0.0545. The predicted octanol–water partition coefficient (Wildman–Crippen LogP) is 0.803. The molecule has 0 fully saturated rings. The molecule has 0 saturated carbocycles. The number of carboxylic acid groups (broad SMARTS) is 1. The Morgan fingerprint density at radius 1 is 1.65 bits per heavy atom. The topological polar surface area (TPSA) is 78.6 Å². The number of carbonyl (C=O) groups is 1. The molecule has 6 nitrogen and oxygen atoms in total. The first kappa shape index (κ1) is 13.7. The third kappa shape index (κ3) is 4.54. The molecule has 0 aliphatic carbocycles. The van der Waals surface area contributed by atoms with E-state index in [0.29, 0.717) is 18.3 Å². The van der Waals surface area contributed by atoms with Gasteiger partial charge < -0.3 is 19.8 Å². The van der Waals surface area contributed by atoms with Crippen LogP contribution >= 0.6 is 0 Å². The first-order chi connectivity index (χ1) is 8.00. The van der Waals surface area contributed by atoms with E-state index in [1.54, 1.807) is 0 Å². The summed E-state index contributed by atoms with van der Waals surface area (Å²) in [5.41, 5.74) is -0.0545. The smallest absolute Gasteiger partial charge is 0.358 e. The normalized spacial score (nSPS) is 11.4. The van der Waals surface area contributed by atoms with Crippen LogP contribution in [-0.2, 0) is 6.54 Å². The molecule has 6 heteroatoms. The number of rotatable bonds is 7. The Labute approximate surface area is 101 Å². The van der Waals surface area contributed by atoms with Crippen molar-refractivity contribution in [3.63, 3.8) is 0 Å². The summed E-state index contributed by atoms with van der Waals surface area (Å²) in [5, 5.41) is 15.3. The van der Waals surface area contributed by atoms with Gasteiger partial charge in [0.15, 0.2) is 11.5 Å². The van der Waals surface area contributed by atoms with Gasteiger partial charge in [-0.3, -0.25) is 0 Å². The van der Waals surface area contributed by atoms with Crippen LogP contribution in [0.25, 0.3) is 0 Å². The summed E-state index contributed by atoms with van der Waals surface area (Å²) in [6.07, 6.45) is 0. The van der Waals surface area contributed by atoms with Gasteiger partial charge in [-0.15, -0.1) is 0 Å². The van der Waals surface area contributed by atoms with E-state index in [1.807, 2.05) is 0 Å². The molecule has 2 N–H and O–H groups in total. The predicted molar refractivity (Wildman–Crippen MR) is 62.9 cm³/mol. The molecule has 96 valence electrons. The van der Waals surface area contributed by atoms with Crippen molar-refractivity contribution in [1.29, 1.82) is 0 Å². The van der Waals surface area contributed by atoms with E-state index in [1.165, 1.54) is 6.07 Å². The van der Waals surface area contributed by atoms with Crippen molar-refractivity contribution in [3.05, 3.63) is 17.5 Å². The average molecular weight is 241 g/mol. The number of hydrogen-bond donors (Lipinski definition) is 2. The lowest BCUT2D eigenvalue weighted by atomic mass is 10.3. The monoisotopic (exact) mass is 241 g/mol. The van der Waals surface area contributed by atoms with Crippen LogP contribution in [0.1, 0.15) is 30.1 Å². The second-order valence-electron chi connectivity index (χ2n) is 4.23. The van der Waals surface area contributed by atoms with Gasteiger partial charge in [-0.2, -0.15) is 0 Å². The lowest BCUT2D eigenvalue weighted by Crippen LogP contribution is -2.33. The molecular weight excluding hydrogens is 222 g/mol. The summed E-state index contributed by atoms with van der Waals surface area (Å²) in [5.74, 6) is -0.533. The fourth-order valence-corrected chi connectivity index (χ4v) is 1.22.